The van der Waals surface area contributed by atoms with Gasteiger partial charge >= 0.3 is 5.97 Å². The second kappa shape index (κ2) is 6.37. The van der Waals surface area contributed by atoms with Crippen LogP contribution in [0.4, 0.5) is 0 Å². The number of benzene rings is 2. The highest BCUT2D eigenvalue weighted by molar-refractivity contribution is 6.30. The third-order valence-electron chi connectivity index (χ3n) is 2.73. The summed E-state index contributed by atoms with van der Waals surface area (Å²) in [5.74, 6) is 0.490. The summed E-state index contributed by atoms with van der Waals surface area (Å²) in [4.78, 5) is 11.2. The fourth-order valence-corrected chi connectivity index (χ4v) is 1.89. The van der Waals surface area contributed by atoms with Gasteiger partial charge in [-0.3, -0.25) is 0 Å². The highest BCUT2D eigenvalue weighted by Crippen LogP contribution is 2.33. The number of ether oxygens (including phenoxy) is 3. The first kappa shape index (κ1) is 15.0. The van der Waals surface area contributed by atoms with Crippen LogP contribution in [0.2, 0.25) is 5.02 Å². The normalized spacial score (nSPS) is 10.0. The number of aromatic carboxylic acids is 1. The molecule has 0 fully saturated rings. The smallest absolute Gasteiger partial charge is 0.339 e. The monoisotopic (exact) mass is 308 g/mol. The molecule has 0 aliphatic heterocycles. The van der Waals surface area contributed by atoms with E-state index < -0.39 is 5.97 Å². The molecule has 0 saturated carbocycles. The molecule has 0 atom stereocenters. The SMILES string of the molecule is COc1cc(OC)cc(Oc2cc(Cl)ccc2C(=O)O)c1. The maximum Gasteiger partial charge on any atom is 0.339 e. The van der Waals surface area contributed by atoms with Crippen LogP contribution in [-0.4, -0.2) is 25.3 Å². The predicted molar refractivity (Wildman–Crippen MR) is 78.0 cm³/mol. The lowest BCUT2D eigenvalue weighted by Gasteiger charge is -2.12. The molecule has 21 heavy (non-hydrogen) atoms. The summed E-state index contributed by atoms with van der Waals surface area (Å²) in [6, 6.07) is 9.24. The van der Waals surface area contributed by atoms with E-state index in [1.807, 2.05) is 0 Å². The first-order valence-electron chi connectivity index (χ1n) is 5.97. The Bertz CT molecular complexity index is 647. The van der Waals surface area contributed by atoms with Crippen molar-refractivity contribution in [3.63, 3.8) is 0 Å². The lowest BCUT2D eigenvalue weighted by atomic mass is 10.2. The summed E-state index contributed by atoms with van der Waals surface area (Å²) in [5.41, 5.74) is 0.0150. The molecule has 110 valence electrons. The van der Waals surface area contributed by atoms with Gasteiger partial charge in [-0.25, -0.2) is 4.79 Å². The maximum absolute atomic E-state index is 11.2. The van der Waals surface area contributed by atoms with Crippen LogP contribution >= 0.6 is 11.6 Å². The van der Waals surface area contributed by atoms with Crippen molar-refractivity contribution < 1.29 is 24.1 Å². The summed E-state index contributed by atoms with van der Waals surface area (Å²) in [6.07, 6.45) is 0. The standard InChI is InChI=1S/C15H13ClO5/c1-19-10-6-11(20-2)8-12(7-10)21-14-5-9(16)3-4-13(14)15(17)18/h3-8H,1-2H3,(H,17,18). The molecule has 0 aromatic heterocycles. The molecule has 0 unspecified atom stereocenters. The van der Waals surface area contributed by atoms with E-state index in [2.05, 4.69) is 0 Å². The van der Waals surface area contributed by atoms with Crippen molar-refractivity contribution in [1.29, 1.82) is 0 Å². The first-order chi connectivity index (χ1) is 10.0. The molecule has 0 bridgehead atoms. The number of rotatable bonds is 5. The molecule has 0 heterocycles. The maximum atomic E-state index is 11.2. The van der Waals surface area contributed by atoms with Crippen molar-refractivity contribution in [3.05, 3.63) is 47.0 Å². The topological polar surface area (TPSA) is 65.0 Å². The Kier molecular flexibility index (Phi) is 4.55. The van der Waals surface area contributed by atoms with Crippen molar-refractivity contribution in [2.24, 2.45) is 0 Å². The Morgan fingerprint density at radius 2 is 1.57 bits per heavy atom. The van der Waals surface area contributed by atoms with E-state index in [1.54, 1.807) is 18.2 Å². The predicted octanol–water partition coefficient (Wildman–Crippen LogP) is 3.85. The van der Waals surface area contributed by atoms with E-state index >= 15 is 0 Å². The summed E-state index contributed by atoms with van der Waals surface area (Å²) in [6.45, 7) is 0. The number of carbonyl (C=O) groups is 1. The van der Waals surface area contributed by atoms with E-state index in [4.69, 9.17) is 30.9 Å². The van der Waals surface area contributed by atoms with Crippen molar-refractivity contribution in [2.75, 3.05) is 14.2 Å². The van der Waals surface area contributed by atoms with E-state index in [1.165, 1.54) is 32.4 Å². The number of hydrogen-bond acceptors (Lipinski definition) is 4. The lowest BCUT2D eigenvalue weighted by Crippen LogP contribution is -2.00. The number of carboxylic acids is 1. The minimum atomic E-state index is -1.10. The molecule has 0 aliphatic rings. The van der Waals surface area contributed by atoms with E-state index in [9.17, 15) is 4.79 Å². The van der Waals surface area contributed by atoms with Gasteiger partial charge in [0.15, 0.2) is 0 Å². The molecule has 6 heteroatoms. The average molecular weight is 309 g/mol. The molecule has 0 radical (unpaired) electrons. The average Bonchev–Trinajstić information content (AvgIpc) is 2.46. The van der Waals surface area contributed by atoms with Crippen LogP contribution in [0.25, 0.3) is 0 Å². The first-order valence-corrected chi connectivity index (χ1v) is 6.35. The number of halogens is 1. The number of hydrogen-bond donors (Lipinski definition) is 1. The summed E-state index contributed by atoms with van der Waals surface area (Å²) < 4.78 is 15.9. The molecule has 5 nitrogen and oxygen atoms in total. The molecule has 2 aromatic rings. The summed E-state index contributed by atoms with van der Waals surface area (Å²) in [5, 5.41) is 9.54. The zero-order chi connectivity index (χ0) is 15.4. The van der Waals surface area contributed by atoms with Gasteiger partial charge in [0.1, 0.15) is 28.6 Å². The van der Waals surface area contributed by atoms with Gasteiger partial charge in [0.2, 0.25) is 0 Å². The van der Waals surface area contributed by atoms with E-state index in [0.29, 0.717) is 22.3 Å². The molecule has 0 spiro atoms. The number of methoxy groups -OCH3 is 2. The highest BCUT2D eigenvalue weighted by Gasteiger charge is 2.13. The van der Waals surface area contributed by atoms with Gasteiger partial charge in [-0.15, -0.1) is 0 Å². The van der Waals surface area contributed by atoms with Gasteiger partial charge in [-0.1, -0.05) is 11.6 Å². The Labute approximate surface area is 126 Å². The fraction of sp³-hybridized carbons (Fsp3) is 0.133. The summed E-state index contributed by atoms with van der Waals surface area (Å²) in [7, 11) is 3.03. The minimum Gasteiger partial charge on any atom is -0.496 e. The lowest BCUT2D eigenvalue weighted by molar-refractivity contribution is 0.0694. The second-order valence-corrected chi connectivity index (χ2v) is 4.53. The van der Waals surface area contributed by atoms with Crippen LogP contribution in [0, 0.1) is 0 Å². The van der Waals surface area contributed by atoms with Crippen LogP contribution in [0.3, 0.4) is 0 Å². The van der Waals surface area contributed by atoms with Gasteiger partial charge in [0.05, 0.1) is 14.2 Å². The molecular formula is C15H13ClO5. The quantitative estimate of drug-likeness (QED) is 0.909. The molecule has 2 rings (SSSR count). The Balaban J connectivity index is 2.42. The zero-order valence-corrected chi connectivity index (χ0v) is 12.2. The van der Waals surface area contributed by atoms with Crippen molar-refractivity contribution >= 4 is 17.6 Å². The van der Waals surface area contributed by atoms with Crippen LogP contribution in [-0.2, 0) is 0 Å². The number of carboxylic acid groups (broad SMARTS) is 1. The fourth-order valence-electron chi connectivity index (χ4n) is 1.72. The van der Waals surface area contributed by atoms with Gasteiger partial charge < -0.3 is 19.3 Å². The van der Waals surface area contributed by atoms with Gasteiger partial charge in [0, 0.05) is 29.3 Å². The summed E-state index contributed by atoms with van der Waals surface area (Å²) >= 11 is 5.88. The van der Waals surface area contributed by atoms with E-state index in [0.717, 1.165) is 0 Å². The van der Waals surface area contributed by atoms with Gasteiger partial charge in [-0.2, -0.15) is 0 Å². The van der Waals surface area contributed by atoms with Crippen molar-refractivity contribution in [3.8, 4) is 23.0 Å². The largest absolute Gasteiger partial charge is 0.496 e. The third kappa shape index (κ3) is 3.58. The Morgan fingerprint density at radius 3 is 2.10 bits per heavy atom. The molecular weight excluding hydrogens is 296 g/mol. The van der Waals surface area contributed by atoms with Crippen molar-refractivity contribution in [2.45, 2.75) is 0 Å². The molecule has 0 saturated heterocycles. The third-order valence-corrected chi connectivity index (χ3v) is 2.96. The van der Waals surface area contributed by atoms with Crippen LogP contribution < -0.4 is 14.2 Å². The molecule has 0 aliphatic carbocycles. The van der Waals surface area contributed by atoms with Crippen LogP contribution in [0.5, 0.6) is 23.0 Å². The van der Waals surface area contributed by atoms with Gasteiger partial charge in [-0.05, 0) is 12.1 Å². The molecule has 2 aromatic carbocycles. The minimum absolute atomic E-state index is 0.0150. The Morgan fingerprint density at radius 1 is 1.00 bits per heavy atom. The molecule has 0 amide bonds. The van der Waals surface area contributed by atoms with Crippen LogP contribution in [0.1, 0.15) is 10.4 Å². The zero-order valence-electron chi connectivity index (χ0n) is 11.4. The van der Waals surface area contributed by atoms with E-state index in [-0.39, 0.29) is 11.3 Å². The highest BCUT2D eigenvalue weighted by atomic mass is 35.5. The Hall–Kier alpha value is -2.40. The second-order valence-electron chi connectivity index (χ2n) is 4.10. The van der Waals surface area contributed by atoms with Crippen LogP contribution in [0.15, 0.2) is 36.4 Å². The van der Waals surface area contributed by atoms with Crippen molar-refractivity contribution in [1.82, 2.24) is 0 Å². The molecule has 1 N–H and O–H groups in total. The van der Waals surface area contributed by atoms with Gasteiger partial charge in [0.25, 0.3) is 0 Å².